The van der Waals surface area contributed by atoms with E-state index in [4.69, 9.17) is 4.74 Å². The van der Waals surface area contributed by atoms with Crippen LogP contribution < -0.4 is 5.32 Å². The minimum atomic E-state index is 0. The molecule has 1 aliphatic carbocycles. The lowest BCUT2D eigenvalue weighted by molar-refractivity contribution is -0.168. The van der Waals surface area contributed by atoms with E-state index in [0.29, 0.717) is 18.1 Å². The fraction of sp³-hybridized carbons (Fsp3) is 0.941. The standard InChI is InChI=1S/C17H32N2O2.ClH/c1-5-6-10-21-15-11-14(17(15,2)3)19(4)16(20)13-8-7-9-18-12-13;/h13-15,18H,5-12H2,1-4H3;1H. The number of piperidine rings is 1. The molecule has 4 nitrogen and oxygen atoms in total. The van der Waals surface area contributed by atoms with Crippen LogP contribution in [0.2, 0.25) is 0 Å². The molecule has 0 radical (unpaired) electrons. The van der Waals surface area contributed by atoms with Crippen LogP contribution in [0.1, 0.15) is 52.9 Å². The number of nitrogens with zero attached hydrogens (tertiary/aromatic N) is 1. The summed E-state index contributed by atoms with van der Waals surface area (Å²) in [6.07, 6.45) is 5.72. The zero-order valence-electron chi connectivity index (χ0n) is 14.6. The molecule has 0 aromatic carbocycles. The van der Waals surface area contributed by atoms with Gasteiger partial charge in [-0.1, -0.05) is 27.2 Å². The first-order valence-electron chi connectivity index (χ1n) is 8.57. The Morgan fingerprint density at radius 1 is 1.41 bits per heavy atom. The van der Waals surface area contributed by atoms with E-state index in [1.165, 1.54) is 6.42 Å². The van der Waals surface area contributed by atoms with E-state index in [0.717, 1.165) is 45.4 Å². The van der Waals surface area contributed by atoms with Gasteiger partial charge in [-0.15, -0.1) is 12.4 Å². The highest BCUT2D eigenvalue weighted by atomic mass is 35.5. The topological polar surface area (TPSA) is 41.6 Å². The van der Waals surface area contributed by atoms with Crippen LogP contribution in [0.25, 0.3) is 0 Å². The molecule has 1 aliphatic heterocycles. The van der Waals surface area contributed by atoms with E-state index in [2.05, 4.69) is 26.1 Å². The summed E-state index contributed by atoms with van der Waals surface area (Å²) in [5, 5.41) is 3.34. The quantitative estimate of drug-likeness (QED) is 0.760. The van der Waals surface area contributed by atoms with Gasteiger partial charge in [0.05, 0.1) is 12.0 Å². The van der Waals surface area contributed by atoms with Crippen molar-refractivity contribution in [1.82, 2.24) is 10.2 Å². The van der Waals surface area contributed by atoms with E-state index in [-0.39, 0.29) is 23.7 Å². The van der Waals surface area contributed by atoms with E-state index in [1.807, 2.05) is 11.9 Å². The molecule has 0 aromatic rings. The highest BCUT2D eigenvalue weighted by Gasteiger charge is 2.52. The molecule has 2 aliphatic rings. The highest BCUT2D eigenvalue weighted by Crippen LogP contribution is 2.45. The van der Waals surface area contributed by atoms with Gasteiger partial charge < -0.3 is 15.0 Å². The van der Waals surface area contributed by atoms with Crippen molar-refractivity contribution >= 4 is 18.3 Å². The summed E-state index contributed by atoms with van der Waals surface area (Å²) in [4.78, 5) is 14.6. The first-order valence-corrected chi connectivity index (χ1v) is 8.57. The smallest absolute Gasteiger partial charge is 0.226 e. The van der Waals surface area contributed by atoms with Crippen LogP contribution >= 0.6 is 12.4 Å². The van der Waals surface area contributed by atoms with Crippen molar-refractivity contribution in [3.05, 3.63) is 0 Å². The zero-order chi connectivity index (χ0) is 15.5. The minimum absolute atomic E-state index is 0. The number of rotatable bonds is 6. The van der Waals surface area contributed by atoms with Gasteiger partial charge in [0.25, 0.3) is 0 Å². The largest absolute Gasteiger partial charge is 0.378 e. The third-order valence-corrected chi connectivity index (χ3v) is 5.40. The Morgan fingerprint density at radius 2 is 2.14 bits per heavy atom. The number of ether oxygens (including phenoxy) is 1. The van der Waals surface area contributed by atoms with Gasteiger partial charge in [-0.05, 0) is 32.2 Å². The fourth-order valence-electron chi connectivity index (χ4n) is 3.68. The van der Waals surface area contributed by atoms with E-state index in [1.54, 1.807) is 0 Å². The number of amides is 1. The van der Waals surface area contributed by atoms with Crippen LogP contribution in [0.4, 0.5) is 0 Å². The lowest BCUT2D eigenvalue weighted by Crippen LogP contribution is -2.63. The summed E-state index contributed by atoms with van der Waals surface area (Å²) in [6.45, 7) is 9.40. The first-order chi connectivity index (χ1) is 9.98. The monoisotopic (exact) mass is 332 g/mol. The van der Waals surface area contributed by atoms with E-state index < -0.39 is 0 Å². The average Bonchev–Trinajstić information content (AvgIpc) is 2.49. The van der Waals surface area contributed by atoms with Gasteiger partial charge in [0, 0.05) is 31.7 Å². The number of nitrogens with one attached hydrogen (secondary N) is 1. The third-order valence-electron chi connectivity index (χ3n) is 5.40. The van der Waals surface area contributed by atoms with Gasteiger partial charge in [0.15, 0.2) is 0 Å². The Hall–Kier alpha value is -0.320. The Bertz CT molecular complexity index is 357. The van der Waals surface area contributed by atoms with Gasteiger partial charge in [-0.25, -0.2) is 0 Å². The van der Waals surface area contributed by atoms with Crippen molar-refractivity contribution in [1.29, 1.82) is 0 Å². The fourth-order valence-corrected chi connectivity index (χ4v) is 3.68. The number of hydrogen-bond acceptors (Lipinski definition) is 3. The molecule has 5 heteroatoms. The summed E-state index contributed by atoms with van der Waals surface area (Å²) in [7, 11) is 1.98. The zero-order valence-corrected chi connectivity index (χ0v) is 15.4. The van der Waals surface area contributed by atoms with Crippen molar-refractivity contribution in [3.63, 3.8) is 0 Å². The molecule has 3 unspecified atom stereocenters. The molecule has 1 amide bonds. The molecule has 1 heterocycles. The molecule has 0 spiro atoms. The molecule has 1 N–H and O–H groups in total. The molecule has 130 valence electrons. The van der Waals surface area contributed by atoms with Gasteiger partial charge in [0.2, 0.25) is 5.91 Å². The summed E-state index contributed by atoms with van der Waals surface area (Å²) in [5.41, 5.74) is 0.0697. The lowest BCUT2D eigenvalue weighted by atomic mass is 9.63. The maximum Gasteiger partial charge on any atom is 0.226 e. The van der Waals surface area contributed by atoms with E-state index >= 15 is 0 Å². The lowest BCUT2D eigenvalue weighted by Gasteiger charge is -2.55. The van der Waals surface area contributed by atoms with Gasteiger partial charge in [0.1, 0.15) is 0 Å². The third kappa shape index (κ3) is 4.15. The summed E-state index contributed by atoms with van der Waals surface area (Å²) in [6, 6.07) is 0.318. The predicted octanol–water partition coefficient (Wildman–Crippen LogP) is 2.85. The Balaban J connectivity index is 0.00000242. The molecule has 3 atom stereocenters. The predicted molar refractivity (Wildman–Crippen MR) is 92.4 cm³/mol. The van der Waals surface area contributed by atoms with Crippen molar-refractivity contribution in [3.8, 4) is 0 Å². The van der Waals surface area contributed by atoms with Crippen LogP contribution in [-0.4, -0.2) is 49.7 Å². The maximum atomic E-state index is 12.6. The summed E-state index contributed by atoms with van der Waals surface area (Å²) < 4.78 is 5.99. The van der Waals surface area contributed by atoms with Crippen LogP contribution in [0.5, 0.6) is 0 Å². The molecule has 0 aromatic heterocycles. The van der Waals surface area contributed by atoms with Gasteiger partial charge >= 0.3 is 0 Å². The minimum Gasteiger partial charge on any atom is -0.378 e. The highest BCUT2D eigenvalue weighted by molar-refractivity contribution is 5.85. The first kappa shape index (κ1) is 19.7. The number of halogens is 1. The number of carbonyl (C=O) groups is 1. The van der Waals surface area contributed by atoms with Crippen LogP contribution in [0.3, 0.4) is 0 Å². The van der Waals surface area contributed by atoms with Crippen molar-refractivity contribution in [2.45, 2.75) is 65.0 Å². The number of hydrogen-bond donors (Lipinski definition) is 1. The maximum absolute atomic E-state index is 12.6. The molecular formula is C17H33ClN2O2. The molecule has 2 rings (SSSR count). The molecule has 2 fully saturated rings. The van der Waals surface area contributed by atoms with Gasteiger partial charge in [-0.3, -0.25) is 4.79 Å². The number of unbranched alkanes of at least 4 members (excludes halogenated alkanes) is 1. The van der Waals surface area contributed by atoms with Gasteiger partial charge in [-0.2, -0.15) is 0 Å². The van der Waals surface area contributed by atoms with Crippen molar-refractivity contribution < 1.29 is 9.53 Å². The summed E-state index contributed by atoms with van der Waals surface area (Å²) in [5.74, 6) is 0.479. The second kappa shape index (κ2) is 8.51. The Labute approximate surface area is 141 Å². The normalized spacial score (nSPS) is 30.1. The SMILES string of the molecule is CCCCOC1CC(N(C)C(=O)C2CCCNC2)C1(C)C.Cl. The Morgan fingerprint density at radius 3 is 2.68 bits per heavy atom. The molecule has 1 saturated heterocycles. The second-order valence-corrected chi connectivity index (χ2v) is 7.28. The van der Waals surface area contributed by atoms with Crippen LogP contribution in [-0.2, 0) is 9.53 Å². The number of carbonyl (C=O) groups excluding carboxylic acids is 1. The Kier molecular flexibility index (Phi) is 7.63. The second-order valence-electron chi connectivity index (χ2n) is 7.28. The average molecular weight is 333 g/mol. The van der Waals surface area contributed by atoms with Crippen molar-refractivity contribution in [2.75, 3.05) is 26.7 Å². The van der Waals surface area contributed by atoms with Crippen LogP contribution in [0, 0.1) is 11.3 Å². The molecule has 1 saturated carbocycles. The van der Waals surface area contributed by atoms with Crippen LogP contribution in [0.15, 0.2) is 0 Å². The molecular weight excluding hydrogens is 300 g/mol. The molecule has 22 heavy (non-hydrogen) atoms. The van der Waals surface area contributed by atoms with Crippen molar-refractivity contribution in [2.24, 2.45) is 11.3 Å². The van der Waals surface area contributed by atoms with E-state index in [9.17, 15) is 4.79 Å². The molecule has 0 bridgehead atoms. The summed E-state index contributed by atoms with van der Waals surface area (Å²) >= 11 is 0.